The Bertz CT molecular complexity index is 772. The minimum atomic E-state index is -1.53. The van der Waals surface area contributed by atoms with Crippen molar-refractivity contribution in [2.75, 3.05) is 26.4 Å². The number of aliphatic hydroxyl groups excluding tert-OH is 4. The molecular weight excluding hydrogens is 600 g/mol. The maximum Gasteiger partial charge on any atom is 0.306 e. The highest BCUT2D eigenvalue weighted by molar-refractivity contribution is 5.69. The fourth-order valence-corrected chi connectivity index (χ4v) is 5.55. The molecule has 1 fully saturated rings. The molecule has 0 aromatic carbocycles. The minimum Gasteiger partial charge on any atom is -0.457 e. The van der Waals surface area contributed by atoms with E-state index < -0.39 is 43.4 Å². The number of hydrogen-bond donors (Lipinski definition) is 4. The summed E-state index contributed by atoms with van der Waals surface area (Å²) >= 11 is 0. The minimum absolute atomic E-state index is 0.118. The lowest BCUT2D eigenvalue weighted by Gasteiger charge is -2.39. The third-order valence-corrected chi connectivity index (χ3v) is 8.57. The first-order valence-corrected chi connectivity index (χ1v) is 18.9. The standard InChI is InChI=1S/C38H70O9/c1-3-5-7-9-11-13-15-16-17-19-21-23-25-27-34(40)46-32(31-45-38-37(43)36(42)35(41)33(29-39)47-38)30-44-28-26-24-22-20-18-14-12-10-8-6-4-2/h8,10,13,15,32-33,35-39,41-43H,3-7,9,11-12,14,16-31H2,1-2H3/b10-8-,15-13-. The average molecular weight is 671 g/mol. The molecule has 0 aromatic heterocycles. The molecule has 0 bridgehead atoms. The number of carbonyl (C=O) groups is 1. The van der Waals surface area contributed by atoms with Crippen LogP contribution in [0, 0.1) is 0 Å². The molecule has 0 amide bonds. The molecule has 0 saturated carbocycles. The topological polar surface area (TPSA) is 135 Å². The zero-order chi connectivity index (χ0) is 34.4. The van der Waals surface area contributed by atoms with Crippen molar-refractivity contribution in [1.82, 2.24) is 0 Å². The fraction of sp³-hybridized carbons (Fsp3) is 0.868. The smallest absolute Gasteiger partial charge is 0.306 e. The molecule has 0 aliphatic carbocycles. The number of unbranched alkanes of at least 4 members (excludes halogenated alkanes) is 16. The first kappa shape index (κ1) is 43.7. The second-order valence-corrected chi connectivity index (χ2v) is 13.0. The molecule has 0 spiro atoms. The molecule has 1 saturated heterocycles. The van der Waals surface area contributed by atoms with Crippen molar-refractivity contribution >= 4 is 5.97 Å². The van der Waals surface area contributed by atoms with Gasteiger partial charge in [0.15, 0.2) is 6.29 Å². The molecule has 1 heterocycles. The van der Waals surface area contributed by atoms with E-state index in [0.29, 0.717) is 13.0 Å². The van der Waals surface area contributed by atoms with Gasteiger partial charge in [-0.2, -0.15) is 0 Å². The number of hydrogen-bond acceptors (Lipinski definition) is 9. The van der Waals surface area contributed by atoms with Crippen molar-refractivity contribution in [2.45, 2.75) is 185 Å². The van der Waals surface area contributed by atoms with E-state index in [-0.39, 0.29) is 19.2 Å². The summed E-state index contributed by atoms with van der Waals surface area (Å²) in [6.07, 6.45) is 24.9. The van der Waals surface area contributed by atoms with Crippen molar-refractivity contribution in [3.63, 3.8) is 0 Å². The van der Waals surface area contributed by atoms with Crippen LogP contribution in [0.15, 0.2) is 24.3 Å². The first-order valence-electron chi connectivity index (χ1n) is 18.9. The third-order valence-electron chi connectivity index (χ3n) is 8.57. The van der Waals surface area contributed by atoms with Crippen molar-refractivity contribution in [1.29, 1.82) is 0 Å². The van der Waals surface area contributed by atoms with Gasteiger partial charge in [-0.05, 0) is 57.8 Å². The van der Waals surface area contributed by atoms with Crippen molar-refractivity contribution in [3.05, 3.63) is 24.3 Å². The highest BCUT2D eigenvalue weighted by atomic mass is 16.7. The summed E-state index contributed by atoms with van der Waals surface area (Å²) in [5.74, 6) is -0.327. The number of aliphatic hydroxyl groups is 4. The molecule has 47 heavy (non-hydrogen) atoms. The van der Waals surface area contributed by atoms with Crippen LogP contribution < -0.4 is 0 Å². The molecular formula is C38H70O9. The maximum atomic E-state index is 12.7. The number of allylic oxidation sites excluding steroid dienone is 4. The molecule has 4 N–H and O–H groups in total. The number of esters is 1. The predicted octanol–water partition coefficient (Wildman–Crippen LogP) is 7.08. The van der Waals surface area contributed by atoms with Crippen LogP contribution in [0.2, 0.25) is 0 Å². The number of ether oxygens (including phenoxy) is 4. The first-order chi connectivity index (χ1) is 22.9. The highest BCUT2D eigenvalue weighted by Gasteiger charge is 2.44. The van der Waals surface area contributed by atoms with E-state index in [1.54, 1.807) is 0 Å². The van der Waals surface area contributed by atoms with Gasteiger partial charge in [0.05, 0.1) is 19.8 Å². The Hall–Kier alpha value is -1.33. The van der Waals surface area contributed by atoms with E-state index in [1.807, 2.05) is 0 Å². The molecule has 1 aliphatic rings. The van der Waals surface area contributed by atoms with E-state index in [4.69, 9.17) is 18.9 Å². The summed E-state index contributed by atoms with van der Waals surface area (Å²) in [7, 11) is 0. The summed E-state index contributed by atoms with van der Waals surface area (Å²) in [6.45, 7) is 4.45. The monoisotopic (exact) mass is 671 g/mol. The lowest BCUT2D eigenvalue weighted by molar-refractivity contribution is -0.305. The molecule has 0 aromatic rings. The Morgan fingerprint density at radius 2 is 1.21 bits per heavy atom. The highest BCUT2D eigenvalue weighted by Crippen LogP contribution is 2.22. The van der Waals surface area contributed by atoms with Gasteiger partial charge in [0.25, 0.3) is 0 Å². The van der Waals surface area contributed by atoms with Gasteiger partial charge in [-0.1, -0.05) is 109 Å². The normalized spacial score (nSPS) is 22.4. The van der Waals surface area contributed by atoms with E-state index in [9.17, 15) is 25.2 Å². The summed E-state index contributed by atoms with van der Waals surface area (Å²) in [4.78, 5) is 12.7. The second kappa shape index (κ2) is 30.7. The maximum absolute atomic E-state index is 12.7. The van der Waals surface area contributed by atoms with E-state index in [0.717, 1.165) is 64.2 Å². The molecule has 9 nitrogen and oxygen atoms in total. The van der Waals surface area contributed by atoms with Gasteiger partial charge < -0.3 is 39.4 Å². The SMILES string of the molecule is CCC/C=C\CCCCCCCCOCC(COC1OC(CO)C(O)C(O)C1O)OC(=O)CCCCCCC/C=C\CCCCCC. The molecule has 1 rings (SSSR count). The van der Waals surface area contributed by atoms with Crippen LogP contribution in [0.25, 0.3) is 0 Å². The van der Waals surface area contributed by atoms with Gasteiger partial charge >= 0.3 is 5.97 Å². The Balaban J connectivity index is 2.35. The van der Waals surface area contributed by atoms with Gasteiger partial charge in [-0.15, -0.1) is 0 Å². The lowest BCUT2D eigenvalue weighted by Crippen LogP contribution is -2.59. The Morgan fingerprint density at radius 1 is 0.660 bits per heavy atom. The van der Waals surface area contributed by atoms with Crippen LogP contribution in [0.4, 0.5) is 0 Å². The van der Waals surface area contributed by atoms with Gasteiger partial charge in [-0.25, -0.2) is 0 Å². The van der Waals surface area contributed by atoms with E-state index in [1.165, 1.54) is 64.2 Å². The molecule has 9 heteroatoms. The summed E-state index contributed by atoms with van der Waals surface area (Å²) < 4.78 is 22.6. The summed E-state index contributed by atoms with van der Waals surface area (Å²) in [5.41, 5.74) is 0. The van der Waals surface area contributed by atoms with Crippen LogP contribution in [0.3, 0.4) is 0 Å². The van der Waals surface area contributed by atoms with Crippen LogP contribution in [-0.4, -0.2) is 89.6 Å². The largest absolute Gasteiger partial charge is 0.457 e. The van der Waals surface area contributed by atoms with Gasteiger partial charge in [-0.3, -0.25) is 4.79 Å². The molecule has 276 valence electrons. The van der Waals surface area contributed by atoms with Crippen molar-refractivity contribution < 1.29 is 44.2 Å². The molecule has 1 aliphatic heterocycles. The zero-order valence-corrected chi connectivity index (χ0v) is 29.8. The molecule has 6 atom stereocenters. The van der Waals surface area contributed by atoms with Crippen LogP contribution in [0.5, 0.6) is 0 Å². The predicted molar refractivity (Wildman–Crippen MR) is 187 cm³/mol. The van der Waals surface area contributed by atoms with E-state index in [2.05, 4.69) is 38.2 Å². The summed E-state index contributed by atoms with van der Waals surface area (Å²) in [5, 5.41) is 39.9. The van der Waals surface area contributed by atoms with Crippen molar-refractivity contribution in [2.24, 2.45) is 0 Å². The Labute approximate surface area is 286 Å². The zero-order valence-electron chi connectivity index (χ0n) is 29.8. The molecule has 6 unspecified atom stereocenters. The van der Waals surface area contributed by atoms with Crippen LogP contribution in [0.1, 0.15) is 149 Å². The average Bonchev–Trinajstić information content (AvgIpc) is 3.07. The van der Waals surface area contributed by atoms with Crippen LogP contribution in [-0.2, 0) is 23.7 Å². The van der Waals surface area contributed by atoms with E-state index >= 15 is 0 Å². The second-order valence-electron chi connectivity index (χ2n) is 13.0. The summed E-state index contributed by atoms with van der Waals surface area (Å²) in [6, 6.07) is 0. The lowest BCUT2D eigenvalue weighted by atomic mass is 9.99. The fourth-order valence-electron chi connectivity index (χ4n) is 5.55. The van der Waals surface area contributed by atoms with Gasteiger partial charge in [0.2, 0.25) is 0 Å². The quantitative estimate of drug-likeness (QED) is 0.0347. The number of carbonyl (C=O) groups excluding carboxylic acids is 1. The third kappa shape index (κ3) is 22.8. The van der Waals surface area contributed by atoms with Gasteiger partial charge in [0.1, 0.15) is 30.5 Å². The van der Waals surface area contributed by atoms with Crippen molar-refractivity contribution in [3.8, 4) is 0 Å². The number of rotatable bonds is 31. The Morgan fingerprint density at radius 3 is 1.81 bits per heavy atom. The van der Waals surface area contributed by atoms with Gasteiger partial charge in [0, 0.05) is 13.0 Å². The Kier molecular flexibility index (Phi) is 28.5. The molecule has 0 radical (unpaired) electrons. The van der Waals surface area contributed by atoms with Crippen LogP contribution >= 0.6 is 0 Å².